The molecule has 61 heavy (non-hydrogen) atoms. The molecule has 5 aliphatic heterocycles. The zero-order valence-corrected chi connectivity index (χ0v) is 35.9. The molecule has 5 aliphatic rings. The highest BCUT2D eigenvalue weighted by Crippen LogP contribution is 2.41. The molecule has 9 rings (SSSR count). The number of ether oxygens (including phenoxy) is 1. The Kier molecular flexibility index (Phi) is 10.9. The van der Waals surface area contributed by atoms with E-state index in [4.69, 9.17) is 16.3 Å². The summed E-state index contributed by atoms with van der Waals surface area (Å²) in [5.41, 5.74) is 3.94. The predicted octanol–water partition coefficient (Wildman–Crippen LogP) is 5.90. The zero-order chi connectivity index (χ0) is 42.6. The topological polar surface area (TPSA) is 173 Å². The van der Waals surface area contributed by atoms with Gasteiger partial charge in [-0.1, -0.05) is 23.7 Å². The van der Waals surface area contributed by atoms with Crippen LogP contribution in [-0.4, -0.2) is 120 Å². The highest BCUT2D eigenvalue weighted by atomic mass is 35.5. The zero-order valence-electron chi connectivity index (χ0n) is 34.3. The molecule has 16 nitrogen and oxygen atoms in total. The van der Waals surface area contributed by atoms with Crippen LogP contribution in [-0.2, 0) is 9.36 Å². The van der Waals surface area contributed by atoms with Crippen LogP contribution in [0.5, 0.6) is 5.75 Å². The monoisotopic (exact) mass is 866 g/mol. The van der Waals surface area contributed by atoms with E-state index in [1.54, 1.807) is 32.6 Å². The number of nitrogens with one attached hydrogen (secondary N) is 3. The average molecular weight is 867 g/mol. The molecule has 0 saturated carbocycles. The number of aromatic nitrogens is 2. The number of fused-ring (bicyclic) bond motifs is 3. The standard InChI is InChI=1S/C43H48ClN10O6P/c1-60-36-21-27(11-13-34(36)47-42-45-22-33(44)39(49-42)46-35-6-4-5-7-37(35)61(2,3)59)51-17-14-26(15-18-51)23-50-24-29-8-9-30(25-50)53(29)28-10-12-31-32(20-28)41(57)54(40(31)56)52-19-16-38(55)48-43(52)58/h4-7,10-13,20-22,26,29-30H,8-9,14-19,23-25H2,1-3H3,(H,48,55,58)(H2,45,46,47,49). The second kappa shape index (κ2) is 16.3. The van der Waals surface area contributed by atoms with E-state index in [0.717, 1.165) is 79.8 Å². The van der Waals surface area contributed by atoms with Gasteiger partial charge in [0, 0.05) is 74.0 Å². The fourth-order valence-corrected chi connectivity index (χ4v) is 10.7. The Labute approximate surface area is 358 Å². The molecule has 0 radical (unpaired) electrons. The summed E-state index contributed by atoms with van der Waals surface area (Å²) in [6.45, 7) is 8.19. The van der Waals surface area contributed by atoms with Crippen molar-refractivity contribution in [3.05, 3.63) is 83.0 Å². The molecule has 0 spiro atoms. The first-order chi connectivity index (χ1) is 29.3. The van der Waals surface area contributed by atoms with Crippen molar-refractivity contribution in [2.75, 3.05) is 80.1 Å². The molecular weight excluding hydrogens is 819 g/mol. The minimum atomic E-state index is -2.56. The Hall–Kier alpha value is -5.70. The molecule has 318 valence electrons. The van der Waals surface area contributed by atoms with E-state index in [2.05, 4.69) is 46.7 Å². The lowest BCUT2D eigenvalue weighted by Gasteiger charge is -2.44. The molecule has 6 heterocycles. The number of likely N-dealkylation sites (tertiary alicyclic amines) is 1. The summed E-state index contributed by atoms with van der Waals surface area (Å²) in [7, 11) is -0.916. The molecule has 2 atom stereocenters. The van der Waals surface area contributed by atoms with Crippen LogP contribution in [0, 0.1) is 5.92 Å². The molecule has 4 saturated heterocycles. The number of carbonyl (C=O) groups excluding carboxylic acids is 4. The number of halogens is 1. The van der Waals surface area contributed by atoms with Gasteiger partial charge in [-0.2, -0.15) is 9.99 Å². The first kappa shape index (κ1) is 40.7. The van der Waals surface area contributed by atoms with Crippen LogP contribution in [0.2, 0.25) is 5.02 Å². The Bertz CT molecular complexity index is 2460. The van der Waals surface area contributed by atoms with E-state index < -0.39 is 30.9 Å². The Morgan fingerprint density at radius 1 is 0.852 bits per heavy atom. The molecule has 4 fully saturated rings. The van der Waals surface area contributed by atoms with Crippen molar-refractivity contribution in [3.63, 3.8) is 0 Å². The van der Waals surface area contributed by atoms with Crippen LogP contribution in [0.4, 0.5) is 39.3 Å². The second-order valence-electron chi connectivity index (χ2n) is 16.7. The number of anilines is 6. The van der Waals surface area contributed by atoms with Gasteiger partial charge in [0.15, 0.2) is 5.82 Å². The predicted molar refractivity (Wildman–Crippen MR) is 235 cm³/mol. The fourth-order valence-electron chi connectivity index (χ4n) is 9.43. The van der Waals surface area contributed by atoms with Gasteiger partial charge in [-0.05, 0) is 87.4 Å². The van der Waals surface area contributed by atoms with Gasteiger partial charge in [-0.3, -0.25) is 24.6 Å². The third-order valence-electron chi connectivity index (χ3n) is 12.4. The fraction of sp³-hybridized carbons (Fsp3) is 0.395. The maximum atomic E-state index is 13.5. The lowest BCUT2D eigenvalue weighted by molar-refractivity contribution is -0.122. The number of imide groups is 2. The van der Waals surface area contributed by atoms with Crippen molar-refractivity contribution in [2.24, 2.45) is 5.92 Å². The summed E-state index contributed by atoms with van der Waals surface area (Å²) < 4.78 is 18.7. The molecule has 5 amide bonds. The number of para-hydroxylation sites is 1. The number of hydrogen-bond donors (Lipinski definition) is 3. The van der Waals surface area contributed by atoms with Crippen LogP contribution in [0.3, 0.4) is 0 Å². The van der Waals surface area contributed by atoms with Crippen molar-refractivity contribution in [1.82, 2.24) is 30.2 Å². The third kappa shape index (κ3) is 7.99. The maximum Gasteiger partial charge on any atom is 0.343 e. The van der Waals surface area contributed by atoms with Crippen molar-refractivity contribution in [2.45, 2.75) is 44.2 Å². The van der Waals surface area contributed by atoms with Gasteiger partial charge < -0.3 is 29.7 Å². The summed E-state index contributed by atoms with van der Waals surface area (Å²) in [5, 5.41) is 11.6. The number of piperidine rings is 1. The lowest BCUT2D eigenvalue weighted by atomic mass is 9.95. The number of nitrogens with zero attached hydrogens (tertiary/aromatic N) is 7. The molecule has 2 bridgehead atoms. The van der Waals surface area contributed by atoms with Gasteiger partial charge >= 0.3 is 6.03 Å². The number of methoxy groups -OCH3 is 1. The number of hydrazine groups is 1. The first-order valence-electron chi connectivity index (χ1n) is 20.6. The van der Waals surface area contributed by atoms with Crippen LogP contribution in [0.1, 0.15) is 52.8 Å². The molecule has 3 aromatic carbocycles. The molecule has 3 N–H and O–H groups in total. The van der Waals surface area contributed by atoms with Crippen molar-refractivity contribution in [3.8, 4) is 5.75 Å². The van der Waals surface area contributed by atoms with Gasteiger partial charge in [0.2, 0.25) is 11.9 Å². The molecule has 4 aromatic rings. The van der Waals surface area contributed by atoms with Crippen LogP contribution in [0.15, 0.2) is 66.9 Å². The number of urea groups is 1. The molecular formula is C43H48ClN10O6P. The van der Waals surface area contributed by atoms with Crippen LogP contribution < -0.4 is 35.8 Å². The van der Waals surface area contributed by atoms with Crippen molar-refractivity contribution >= 4 is 82.3 Å². The van der Waals surface area contributed by atoms with E-state index in [0.29, 0.717) is 57.2 Å². The highest BCUT2D eigenvalue weighted by molar-refractivity contribution is 7.70. The van der Waals surface area contributed by atoms with E-state index in [1.807, 2.05) is 42.5 Å². The Morgan fingerprint density at radius 2 is 1.57 bits per heavy atom. The largest absolute Gasteiger partial charge is 0.494 e. The van der Waals surface area contributed by atoms with Crippen LogP contribution in [0.25, 0.3) is 0 Å². The third-order valence-corrected chi connectivity index (χ3v) is 14.2. The summed E-state index contributed by atoms with van der Waals surface area (Å²) in [4.78, 5) is 67.3. The molecule has 2 unspecified atom stereocenters. The number of piperazine rings is 1. The van der Waals surface area contributed by atoms with E-state index in [1.165, 1.54) is 6.20 Å². The quantitative estimate of drug-likeness (QED) is 0.120. The number of carbonyl (C=O) groups is 4. The minimum absolute atomic E-state index is 0.0186. The van der Waals surface area contributed by atoms with Gasteiger partial charge in [0.05, 0.1) is 42.4 Å². The smallest absolute Gasteiger partial charge is 0.343 e. The van der Waals surface area contributed by atoms with Gasteiger partial charge in [-0.25, -0.2) is 14.8 Å². The summed E-state index contributed by atoms with van der Waals surface area (Å²) in [5.74, 6) is 0.424. The van der Waals surface area contributed by atoms with E-state index in [-0.39, 0.29) is 24.1 Å². The minimum Gasteiger partial charge on any atom is -0.494 e. The lowest BCUT2D eigenvalue weighted by Crippen LogP contribution is -2.58. The van der Waals surface area contributed by atoms with Gasteiger partial charge in [0.1, 0.15) is 17.9 Å². The second-order valence-corrected chi connectivity index (χ2v) is 20.3. The summed E-state index contributed by atoms with van der Waals surface area (Å²) in [6.07, 6.45) is 5.80. The first-order valence-corrected chi connectivity index (χ1v) is 23.6. The number of hydrogen-bond acceptors (Lipinski definition) is 13. The number of benzene rings is 3. The molecule has 18 heteroatoms. The Balaban J connectivity index is 0.797. The van der Waals surface area contributed by atoms with Crippen LogP contribution >= 0.6 is 18.7 Å². The maximum absolute atomic E-state index is 13.5. The van der Waals surface area contributed by atoms with Gasteiger partial charge in [-0.15, -0.1) is 0 Å². The van der Waals surface area contributed by atoms with E-state index >= 15 is 0 Å². The Morgan fingerprint density at radius 3 is 2.30 bits per heavy atom. The summed E-state index contributed by atoms with van der Waals surface area (Å²) in [6, 6.07) is 18.8. The average Bonchev–Trinajstić information content (AvgIpc) is 3.65. The van der Waals surface area contributed by atoms with Crippen molar-refractivity contribution < 1.29 is 28.5 Å². The van der Waals surface area contributed by atoms with Gasteiger partial charge in [0.25, 0.3) is 11.8 Å². The molecule has 1 aromatic heterocycles. The van der Waals surface area contributed by atoms with E-state index in [9.17, 15) is 23.7 Å². The number of rotatable bonds is 11. The normalized spacial score (nSPS) is 20.9. The number of amides is 5. The molecule has 0 aliphatic carbocycles. The highest BCUT2D eigenvalue weighted by Gasteiger charge is 2.45. The van der Waals surface area contributed by atoms with Crippen molar-refractivity contribution in [1.29, 1.82) is 0 Å². The SMILES string of the molecule is COc1cc(N2CCC(CN3CC4CCC(C3)N4c3ccc4c(c3)C(=O)N(N3CCC(=O)NC3=O)C4=O)CC2)ccc1Nc1ncc(Cl)c(Nc2ccccc2P(C)(C)=O)n1. The summed E-state index contributed by atoms with van der Waals surface area (Å²) >= 11 is 6.49.